The Balaban J connectivity index is 1.72. The zero-order valence-electron chi connectivity index (χ0n) is 29.6. The topological polar surface area (TPSA) is 54.0 Å². The van der Waals surface area contributed by atoms with Crippen LogP contribution in [0.15, 0.2) is 0 Å². The van der Waals surface area contributed by atoms with E-state index in [-0.39, 0.29) is 17.5 Å². The van der Waals surface area contributed by atoms with Crippen LogP contribution in [-0.4, -0.2) is 56.3 Å². The summed E-state index contributed by atoms with van der Waals surface area (Å²) >= 11 is 0. The molecule has 42 heavy (non-hydrogen) atoms. The van der Waals surface area contributed by atoms with E-state index in [0.29, 0.717) is 59.6 Å². The normalized spacial score (nSPS) is 41.5. The lowest BCUT2D eigenvalue weighted by Crippen LogP contribution is -2.64. The minimum Gasteiger partial charge on any atom is -0.469 e. The standard InChI is InChI=1S/C34H66O5Si3/c1-23(14-17-31(35)36-4)26-15-16-27-32-28(22-30(34(26,27)3)39-42(11,12)13)33(2)19-18-25(37-40(5,6)7)20-24(33)21-29(32)38-41(8,9)10/h23-30,32H,14-22H2,1-13H3/t23?,24-,25+,26+,27?,28?,29+,30-,32?,33-,34+/m0/s1. The van der Waals surface area contributed by atoms with Crippen molar-refractivity contribution in [2.45, 2.75) is 156 Å². The summed E-state index contributed by atoms with van der Waals surface area (Å²) in [6.45, 7) is 29.0. The maximum Gasteiger partial charge on any atom is 0.305 e. The fraction of sp³-hybridized carbons (Fsp3) is 0.971. The van der Waals surface area contributed by atoms with Crippen molar-refractivity contribution in [3.63, 3.8) is 0 Å². The SMILES string of the molecule is COC(=O)CCC(C)[C@H]1CCC2C3C(C[C@H](O[Si](C)(C)C)[C@@]21C)[C@@]1(C)CC[C@@H](O[Si](C)(C)C)C[C@H]1C[C@H]3O[Si](C)(C)C. The van der Waals surface area contributed by atoms with Crippen LogP contribution in [0.3, 0.4) is 0 Å². The van der Waals surface area contributed by atoms with Gasteiger partial charge < -0.3 is 18.0 Å². The maximum atomic E-state index is 12.1. The molecule has 4 aliphatic rings. The molecule has 0 aromatic heterocycles. The Morgan fingerprint density at radius 3 is 2.00 bits per heavy atom. The van der Waals surface area contributed by atoms with Gasteiger partial charge in [0, 0.05) is 18.6 Å². The molecule has 0 aliphatic heterocycles. The second-order valence-corrected chi connectivity index (χ2v) is 31.6. The average molecular weight is 639 g/mol. The van der Waals surface area contributed by atoms with Gasteiger partial charge in [-0.2, -0.15) is 0 Å². The van der Waals surface area contributed by atoms with Crippen molar-refractivity contribution in [3.8, 4) is 0 Å². The van der Waals surface area contributed by atoms with Crippen LogP contribution >= 0.6 is 0 Å². The molecule has 5 nitrogen and oxygen atoms in total. The van der Waals surface area contributed by atoms with E-state index in [4.69, 9.17) is 18.0 Å². The number of carbonyl (C=O) groups is 1. The lowest BCUT2D eigenvalue weighted by Gasteiger charge is -2.66. The summed E-state index contributed by atoms with van der Waals surface area (Å²) < 4.78 is 26.4. The number of hydrogen-bond acceptors (Lipinski definition) is 5. The zero-order chi connectivity index (χ0) is 31.5. The van der Waals surface area contributed by atoms with Gasteiger partial charge in [-0.05, 0) is 157 Å². The molecule has 0 bridgehead atoms. The molecule has 0 spiro atoms. The van der Waals surface area contributed by atoms with Gasteiger partial charge in [-0.1, -0.05) is 20.8 Å². The van der Waals surface area contributed by atoms with Gasteiger partial charge in [0.25, 0.3) is 0 Å². The van der Waals surface area contributed by atoms with Gasteiger partial charge >= 0.3 is 5.97 Å². The molecule has 4 fully saturated rings. The van der Waals surface area contributed by atoms with E-state index in [9.17, 15) is 4.79 Å². The van der Waals surface area contributed by atoms with E-state index in [1.165, 1.54) is 52.1 Å². The van der Waals surface area contributed by atoms with E-state index < -0.39 is 25.0 Å². The molecule has 0 radical (unpaired) electrons. The predicted molar refractivity (Wildman–Crippen MR) is 181 cm³/mol. The predicted octanol–water partition coefficient (Wildman–Crippen LogP) is 9.11. The summed E-state index contributed by atoms with van der Waals surface area (Å²) in [5.41, 5.74) is 0.430. The number of carbonyl (C=O) groups excluding carboxylic acids is 1. The number of fused-ring (bicyclic) bond motifs is 5. The highest BCUT2D eigenvalue weighted by Gasteiger charge is 2.67. The van der Waals surface area contributed by atoms with Crippen LogP contribution < -0.4 is 0 Å². The van der Waals surface area contributed by atoms with Gasteiger partial charge in [-0.25, -0.2) is 0 Å². The second-order valence-electron chi connectivity index (χ2n) is 18.2. The summed E-state index contributed by atoms with van der Waals surface area (Å²) in [4.78, 5) is 12.1. The third-order valence-electron chi connectivity index (χ3n) is 12.0. The molecule has 11 atom stereocenters. The van der Waals surface area contributed by atoms with Gasteiger partial charge in [0.2, 0.25) is 0 Å². The molecule has 0 amide bonds. The Morgan fingerprint density at radius 1 is 0.810 bits per heavy atom. The Hall–Kier alpha value is 0.000649. The molecule has 4 saturated carbocycles. The molecular weight excluding hydrogens is 573 g/mol. The summed E-state index contributed by atoms with van der Waals surface area (Å²) in [5.74, 6) is 3.45. The fourth-order valence-corrected chi connectivity index (χ4v) is 14.1. The molecule has 8 heteroatoms. The highest BCUT2D eigenvalue weighted by molar-refractivity contribution is 6.70. The van der Waals surface area contributed by atoms with E-state index >= 15 is 0 Å². The Bertz CT molecular complexity index is 954. The number of hydrogen-bond donors (Lipinski definition) is 0. The highest BCUT2D eigenvalue weighted by atomic mass is 28.4. The number of ether oxygens (including phenoxy) is 1. The van der Waals surface area contributed by atoms with Gasteiger partial charge in [-0.15, -0.1) is 0 Å². The molecule has 0 aromatic rings. The summed E-state index contributed by atoms with van der Waals surface area (Å²) in [6.07, 6.45) is 11.0. The van der Waals surface area contributed by atoms with Crippen molar-refractivity contribution < 1.29 is 22.8 Å². The van der Waals surface area contributed by atoms with Gasteiger partial charge in [0.05, 0.1) is 13.2 Å². The Kier molecular flexibility index (Phi) is 10.2. The summed E-state index contributed by atoms with van der Waals surface area (Å²) in [5, 5.41) is 0. The van der Waals surface area contributed by atoms with Crippen LogP contribution in [0.25, 0.3) is 0 Å². The largest absolute Gasteiger partial charge is 0.469 e. The number of methoxy groups -OCH3 is 1. The van der Waals surface area contributed by atoms with Crippen LogP contribution in [0, 0.1) is 46.3 Å². The highest BCUT2D eigenvalue weighted by Crippen LogP contribution is 2.69. The van der Waals surface area contributed by atoms with Crippen LogP contribution in [0.4, 0.5) is 0 Å². The van der Waals surface area contributed by atoms with Crippen molar-refractivity contribution in [1.82, 2.24) is 0 Å². The zero-order valence-corrected chi connectivity index (χ0v) is 32.6. The summed E-state index contributed by atoms with van der Waals surface area (Å²) in [7, 11) is -3.61. The van der Waals surface area contributed by atoms with E-state index in [1.54, 1.807) is 0 Å². The maximum absolute atomic E-state index is 12.1. The molecule has 4 aliphatic carbocycles. The fourth-order valence-electron chi connectivity index (χ4n) is 10.5. The first kappa shape index (κ1) is 34.9. The average Bonchev–Trinajstić information content (AvgIpc) is 3.19. The molecule has 0 aromatic carbocycles. The van der Waals surface area contributed by atoms with Gasteiger partial charge in [0.1, 0.15) is 0 Å². The molecule has 244 valence electrons. The Labute approximate surface area is 262 Å². The van der Waals surface area contributed by atoms with Crippen molar-refractivity contribution in [2.75, 3.05) is 7.11 Å². The third kappa shape index (κ3) is 7.35. The second kappa shape index (κ2) is 12.3. The van der Waals surface area contributed by atoms with Crippen LogP contribution in [-0.2, 0) is 22.8 Å². The van der Waals surface area contributed by atoms with Gasteiger partial charge in [0.15, 0.2) is 25.0 Å². The smallest absolute Gasteiger partial charge is 0.305 e. The third-order valence-corrected chi connectivity index (χ3v) is 15.0. The van der Waals surface area contributed by atoms with Gasteiger partial charge in [-0.3, -0.25) is 4.79 Å². The Morgan fingerprint density at radius 2 is 1.43 bits per heavy atom. The van der Waals surface area contributed by atoms with Crippen LogP contribution in [0.1, 0.15) is 78.6 Å². The van der Waals surface area contributed by atoms with E-state index in [1.807, 2.05) is 0 Å². The number of esters is 1. The molecule has 0 saturated heterocycles. The quantitative estimate of drug-likeness (QED) is 0.176. The monoisotopic (exact) mass is 638 g/mol. The molecule has 4 rings (SSSR count). The van der Waals surface area contributed by atoms with Crippen molar-refractivity contribution in [2.24, 2.45) is 46.3 Å². The van der Waals surface area contributed by atoms with Crippen molar-refractivity contribution in [3.05, 3.63) is 0 Å². The van der Waals surface area contributed by atoms with Crippen LogP contribution in [0.2, 0.25) is 58.9 Å². The van der Waals surface area contributed by atoms with E-state index in [0.717, 1.165) is 6.42 Å². The van der Waals surface area contributed by atoms with Crippen molar-refractivity contribution >= 4 is 30.9 Å². The first-order valence-electron chi connectivity index (χ1n) is 17.3. The lowest BCUT2D eigenvalue weighted by molar-refractivity contribution is -0.199. The molecule has 4 unspecified atom stereocenters. The molecular formula is C34H66O5Si3. The minimum absolute atomic E-state index is 0.0799. The van der Waals surface area contributed by atoms with Crippen molar-refractivity contribution in [1.29, 1.82) is 0 Å². The van der Waals surface area contributed by atoms with Crippen LogP contribution in [0.5, 0.6) is 0 Å². The molecule has 0 heterocycles. The van der Waals surface area contributed by atoms with E-state index in [2.05, 4.69) is 79.7 Å². The summed E-state index contributed by atoms with van der Waals surface area (Å²) in [6, 6.07) is 0. The number of rotatable bonds is 10. The first-order chi connectivity index (χ1) is 19.2. The molecule has 0 N–H and O–H groups in total. The first-order valence-corrected chi connectivity index (χ1v) is 27.5. The minimum atomic E-state index is -1.79. The lowest BCUT2D eigenvalue weighted by atomic mass is 9.43.